The van der Waals surface area contributed by atoms with Gasteiger partial charge in [-0.1, -0.05) is 23.7 Å². The molecule has 0 fully saturated rings. The Labute approximate surface area is 103 Å². The fourth-order valence-electron chi connectivity index (χ4n) is 1.39. The lowest BCUT2D eigenvalue weighted by molar-refractivity contribution is 0.0997. The molecule has 16 heavy (non-hydrogen) atoms. The van der Waals surface area contributed by atoms with Crippen molar-refractivity contribution in [1.29, 1.82) is 0 Å². The predicted molar refractivity (Wildman–Crippen MR) is 68.2 cm³/mol. The summed E-state index contributed by atoms with van der Waals surface area (Å²) in [7, 11) is 0. The molecule has 2 aromatic rings. The van der Waals surface area contributed by atoms with Crippen molar-refractivity contribution in [3.05, 3.63) is 51.2 Å². The standard InChI is InChI=1S/C12H10ClNOS/c13-10-5-6-16-12(10)11(15)7-8-1-3-9(14)4-2-8/h1-6H,7,14H2. The maximum absolute atomic E-state index is 11.9. The van der Waals surface area contributed by atoms with Crippen LogP contribution in [-0.4, -0.2) is 5.78 Å². The molecule has 0 amide bonds. The maximum atomic E-state index is 11.9. The highest BCUT2D eigenvalue weighted by Gasteiger charge is 2.12. The molecule has 0 atom stereocenters. The number of carbonyl (C=O) groups is 1. The third-order valence-electron chi connectivity index (χ3n) is 2.21. The first-order valence-electron chi connectivity index (χ1n) is 4.77. The zero-order valence-electron chi connectivity index (χ0n) is 8.44. The quantitative estimate of drug-likeness (QED) is 0.671. The van der Waals surface area contributed by atoms with Crippen molar-refractivity contribution in [3.8, 4) is 0 Å². The minimum absolute atomic E-state index is 0.0461. The lowest BCUT2D eigenvalue weighted by atomic mass is 10.1. The van der Waals surface area contributed by atoms with Gasteiger partial charge in [-0.3, -0.25) is 4.79 Å². The van der Waals surface area contributed by atoms with Crippen LogP contribution in [0.3, 0.4) is 0 Å². The van der Waals surface area contributed by atoms with Crippen molar-refractivity contribution in [2.45, 2.75) is 6.42 Å². The van der Waals surface area contributed by atoms with Crippen molar-refractivity contribution in [2.75, 3.05) is 5.73 Å². The highest BCUT2D eigenvalue weighted by molar-refractivity contribution is 7.12. The molecule has 0 saturated carbocycles. The van der Waals surface area contributed by atoms with Crippen molar-refractivity contribution in [1.82, 2.24) is 0 Å². The molecule has 0 spiro atoms. The van der Waals surface area contributed by atoms with Gasteiger partial charge in [-0.25, -0.2) is 0 Å². The zero-order valence-corrected chi connectivity index (χ0v) is 10.0. The van der Waals surface area contributed by atoms with Crippen LogP contribution in [0.5, 0.6) is 0 Å². The minimum atomic E-state index is 0.0461. The summed E-state index contributed by atoms with van der Waals surface area (Å²) in [5.41, 5.74) is 7.22. The number of thiophene rings is 1. The van der Waals surface area contributed by atoms with E-state index in [9.17, 15) is 4.79 Å². The van der Waals surface area contributed by atoms with Gasteiger partial charge >= 0.3 is 0 Å². The Balaban J connectivity index is 2.14. The molecule has 2 nitrogen and oxygen atoms in total. The average molecular weight is 252 g/mol. The number of rotatable bonds is 3. The third kappa shape index (κ3) is 2.43. The Kier molecular flexibility index (Phi) is 3.27. The third-order valence-corrected chi connectivity index (χ3v) is 3.60. The van der Waals surface area contributed by atoms with Crippen LogP contribution < -0.4 is 5.73 Å². The summed E-state index contributed by atoms with van der Waals surface area (Å²) in [5, 5.41) is 2.35. The number of nitrogen functional groups attached to an aromatic ring is 1. The average Bonchev–Trinajstić information content (AvgIpc) is 2.68. The largest absolute Gasteiger partial charge is 0.399 e. The van der Waals surface area contributed by atoms with Crippen LogP contribution in [-0.2, 0) is 6.42 Å². The molecule has 1 heterocycles. The molecule has 0 aliphatic rings. The Morgan fingerprint density at radius 1 is 1.25 bits per heavy atom. The minimum Gasteiger partial charge on any atom is -0.399 e. The van der Waals surface area contributed by atoms with Crippen molar-refractivity contribution in [2.24, 2.45) is 0 Å². The molecule has 4 heteroatoms. The highest BCUT2D eigenvalue weighted by atomic mass is 35.5. The fourth-order valence-corrected chi connectivity index (χ4v) is 2.50. The summed E-state index contributed by atoms with van der Waals surface area (Å²) in [6, 6.07) is 9.03. The molecule has 0 bridgehead atoms. The first kappa shape index (κ1) is 11.2. The van der Waals surface area contributed by atoms with Crippen molar-refractivity contribution >= 4 is 34.4 Å². The van der Waals surface area contributed by atoms with Crippen LogP contribution in [0, 0.1) is 0 Å². The van der Waals surface area contributed by atoms with Gasteiger partial charge in [0.1, 0.15) is 0 Å². The van der Waals surface area contributed by atoms with Gasteiger partial charge in [-0.05, 0) is 29.1 Å². The monoisotopic (exact) mass is 251 g/mol. The Bertz CT molecular complexity index is 504. The van der Waals surface area contributed by atoms with Gasteiger partial charge in [-0.2, -0.15) is 0 Å². The van der Waals surface area contributed by atoms with Gasteiger partial charge in [0.15, 0.2) is 5.78 Å². The van der Waals surface area contributed by atoms with E-state index in [1.807, 2.05) is 17.5 Å². The summed E-state index contributed by atoms with van der Waals surface area (Å²) in [6.07, 6.45) is 0.362. The summed E-state index contributed by atoms with van der Waals surface area (Å²) in [4.78, 5) is 12.5. The SMILES string of the molecule is Nc1ccc(CC(=O)c2sccc2Cl)cc1. The number of hydrogen-bond acceptors (Lipinski definition) is 3. The van der Waals surface area contributed by atoms with E-state index in [1.165, 1.54) is 11.3 Å². The van der Waals surface area contributed by atoms with Crippen molar-refractivity contribution < 1.29 is 4.79 Å². The molecule has 0 unspecified atom stereocenters. The Morgan fingerprint density at radius 3 is 2.50 bits per heavy atom. The summed E-state index contributed by atoms with van der Waals surface area (Å²) >= 11 is 7.27. The second-order valence-corrected chi connectivity index (χ2v) is 4.76. The molecule has 0 aliphatic carbocycles. The lowest BCUT2D eigenvalue weighted by Crippen LogP contribution is -2.01. The summed E-state index contributed by atoms with van der Waals surface area (Å²) in [6.45, 7) is 0. The van der Waals surface area contributed by atoms with Crippen LogP contribution in [0.2, 0.25) is 5.02 Å². The zero-order chi connectivity index (χ0) is 11.5. The number of ketones is 1. The van der Waals surface area contributed by atoms with E-state index in [2.05, 4.69) is 0 Å². The van der Waals surface area contributed by atoms with E-state index in [4.69, 9.17) is 17.3 Å². The van der Waals surface area contributed by atoms with E-state index in [-0.39, 0.29) is 5.78 Å². The number of Topliss-reactive ketones (excluding diaryl/α,β-unsaturated/α-hetero) is 1. The number of nitrogens with two attached hydrogens (primary N) is 1. The van der Waals surface area contributed by atoms with Gasteiger partial charge < -0.3 is 5.73 Å². The van der Waals surface area contributed by atoms with Gasteiger partial charge in [-0.15, -0.1) is 11.3 Å². The van der Waals surface area contributed by atoms with Crippen LogP contribution >= 0.6 is 22.9 Å². The van der Waals surface area contributed by atoms with Gasteiger partial charge in [0, 0.05) is 12.1 Å². The smallest absolute Gasteiger partial charge is 0.178 e. The maximum Gasteiger partial charge on any atom is 0.178 e. The van der Waals surface area contributed by atoms with Crippen LogP contribution in [0.15, 0.2) is 35.7 Å². The Morgan fingerprint density at radius 2 is 1.94 bits per heavy atom. The second-order valence-electron chi connectivity index (χ2n) is 3.44. The number of carbonyl (C=O) groups excluding carboxylic acids is 1. The first-order valence-corrected chi connectivity index (χ1v) is 6.03. The van der Waals surface area contributed by atoms with E-state index < -0.39 is 0 Å². The van der Waals surface area contributed by atoms with Crippen LogP contribution in [0.25, 0.3) is 0 Å². The van der Waals surface area contributed by atoms with Crippen LogP contribution in [0.4, 0.5) is 5.69 Å². The predicted octanol–water partition coefficient (Wildman–Crippen LogP) is 3.41. The molecule has 1 aromatic heterocycles. The van der Waals surface area contributed by atoms with Crippen LogP contribution in [0.1, 0.15) is 15.2 Å². The topological polar surface area (TPSA) is 43.1 Å². The molecular weight excluding hydrogens is 242 g/mol. The van der Waals surface area contributed by atoms with E-state index in [0.717, 1.165) is 5.56 Å². The number of anilines is 1. The van der Waals surface area contributed by atoms with E-state index in [0.29, 0.717) is 22.0 Å². The molecule has 2 N–H and O–H groups in total. The summed E-state index contributed by atoms with van der Waals surface area (Å²) < 4.78 is 0. The normalized spacial score (nSPS) is 10.3. The lowest BCUT2D eigenvalue weighted by Gasteiger charge is -2.00. The van der Waals surface area contributed by atoms with Gasteiger partial charge in [0.05, 0.1) is 9.90 Å². The molecule has 0 saturated heterocycles. The van der Waals surface area contributed by atoms with E-state index >= 15 is 0 Å². The number of hydrogen-bond donors (Lipinski definition) is 1. The first-order chi connectivity index (χ1) is 7.66. The van der Waals surface area contributed by atoms with Gasteiger partial charge in [0.25, 0.3) is 0 Å². The molecule has 0 aliphatic heterocycles. The molecule has 0 radical (unpaired) electrons. The second kappa shape index (κ2) is 4.68. The Hall–Kier alpha value is -1.32. The van der Waals surface area contributed by atoms with E-state index in [1.54, 1.807) is 18.2 Å². The van der Waals surface area contributed by atoms with Crippen molar-refractivity contribution in [3.63, 3.8) is 0 Å². The molecule has 82 valence electrons. The molecular formula is C12H10ClNOS. The molecule has 2 rings (SSSR count). The summed E-state index contributed by atoms with van der Waals surface area (Å²) in [5.74, 6) is 0.0461. The van der Waals surface area contributed by atoms with Gasteiger partial charge in [0.2, 0.25) is 0 Å². The number of benzene rings is 1. The molecule has 1 aromatic carbocycles. The highest BCUT2D eigenvalue weighted by Crippen LogP contribution is 2.23. The fraction of sp³-hybridized carbons (Fsp3) is 0.0833. The number of halogens is 1.